The summed E-state index contributed by atoms with van der Waals surface area (Å²) in [6.45, 7) is 4.69. The van der Waals surface area contributed by atoms with Crippen molar-refractivity contribution in [2.45, 2.75) is 64.8 Å². The van der Waals surface area contributed by atoms with E-state index in [-0.39, 0.29) is 17.7 Å². The van der Waals surface area contributed by atoms with Gasteiger partial charge in [0.05, 0.1) is 5.92 Å². The topological polar surface area (TPSA) is 49.4 Å². The third kappa shape index (κ3) is 3.47. The molecule has 2 fully saturated rings. The molecule has 1 aliphatic carbocycles. The average Bonchev–Trinajstić information content (AvgIpc) is 2.99. The van der Waals surface area contributed by atoms with E-state index in [1.807, 2.05) is 24.0 Å². The van der Waals surface area contributed by atoms with Crippen LogP contribution in [-0.2, 0) is 16.0 Å². The SMILES string of the molecule is CCc1cccc(C)c1NC(=O)C1CC(=O)N(C2CCCCC2)C1. The van der Waals surface area contributed by atoms with Gasteiger partial charge in [0.1, 0.15) is 0 Å². The number of amides is 2. The normalized spacial score (nSPS) is 22.0. The third-order valence-corrected chi connectivity index (χ3v) is 5.53. The molecule has 1 saturated carbocycles. The van der Waals surface area contributed by atoms with Gasteiger partial charge in [-0.25, -0.2) is 0 Å². The number of carbonyl (C=O) groups excluding carboxylic acids is 2. The highest BCUT2D eigenvalue weighted by Gasteiger charge is 2.38. The first kappa shape index (κ1) is 17.0. The number of nitrogens with one attached hydrogen (secondary N) is 1. The second-order valence-electron chi connectivity index (χ2n) is 7.19. The Hall–Kier alpha value is -1.84. The van der Waals surface area contributed by atoms with Crippen molar-refractivity contribution in [2.75, 3.05) is 11.9 Å². The van der Waals surface area contributed by atoms with Gasteiger partial charge in [-0.15, -0.1) is 0 Å². The molecule has 130 valence electrons. The molecule has 2 amide bonds. The molecule has 1 atom stereocenters. The van der Waals surface area contributed by atoms with Gasteiger partial charge in [0.2, 0.25) is 11.8 Å². The van der Waals surface area contributed by atoms with Crippen molar-refractivity contribution >= 4 is 17.5 Å². The number of rotatable bonds is 4. The number of carbonyl (C=O) groups is 2. The maximum atomic E-state index is 12.7. The van der Waals surface area contributed by atoms with Gasteiger partial charge in [0.15, 0.2) is 0 Å². The minimum Gasteiger partial charge on any atom is -0.339 e. The van der Waals surface area contributed by atoms with Crippen molar-refractivity contribution in [3.8, 4) is 0 Å². The fourth-order valence-corrected chi connectivity index (χ4v) is 4.08. The summed E-state index contributed by atoms with van der Waals surface area (Å²) in [6, 6.07) is 6.45. The number of aryl methyl sites for hydroxylation is 2. The first-order chi connectivity index (χ1) is 11.6. The summed E-state index contributed by atoms with van der Waals surface area (Å²) in [4.78, 5) is 27.1. The lowest BCUT2D eigenvalue weighted by Crippen LogP contribution is -2.38. The Morgan fingerprint density at radius 3 is 2.71 bits per heavy atom. The van der Waals surface area contributed by atoms with E-state index in [0.717, 1.165) is 36.1 Å². The molecule has 1 aromatic rings. The Kier molecular flexibility index (Phi) is 5.22. The van der Waals surface area contributed by atoms with Crippen LogP contribution in [0.15, 0.2) is 18.2 Å². The number of anilines is 1. The molecule has 0 spiro atoms. The van der Waals surface area contributed by atoms with Crippen molar-refractivity contribution < 1.29 is 9.59 Å². The zero-order chi connectivity index (χ0) is 17.1. The van der Waals surface area contributed by atoms with Gasteiger partial charge in [-0.2, -0.15) is 0 Å². The maximum absolute atomic E-state index is 12.7. The molecule has 1 saturated heterocycles. The van der Waals surface area contributed by atoms with E-state index < -0.39 is 0 Å². The molecule has 1 N–H and O–H groups in total. The van der Waals surface area contributed by atoms with Gasteiger partial charge in [-0.05, 0) is 37.3 Å². The molecule has 4 heteroatoms. The summed E-state index contributed by atoms with van der Waals surface area (Å²) in [5.41, 5.74) is 3.15. The van der Waals surface area contributed by atoms with E-state index >= 15 is 0 Å². The van der Waals surface area contributed by atoms with Crippen LogP contribution in [0.4, 0.5) is 5.69 Å². The number of benzene rings is 1. The summed E-state index contributed by atoms with van der Waals surface area (Å²) in [7, 11) is 0. The van der Waals surface area contributed by atoms with Crippen LogP contribution in [0.3, 0.4) is 0 Å². The minimum atomic E-state index is -0.219. The van der Waals surface area contributed by atoms with Crippen LogP contribution in [0, 0.1) is 12.8 Å². The molecule has 0 radical (unpaired) electrons. The molecule has 1 aliphatic heterocycles. The minimum absolute atomic E-state index is 0.00865. The Morgan fingerprint density at radius 2 is 2.00 bits per heavy atom. The lowest BCUT2D eigenvalue weighted by atomic mass is 9.94. The summed E-state index contributed by atoms with van der Waals surface area (Å²) >= 11 is 0. The Balaban J connectivity index is 1.67. The lowest BCUT2D eigenvalue weighted by molar-refractivity contribution is -0.130. The second-order valence-corrected chi connectivity index (χ2v) is 7.19. The highest BCUT2D eigenvalue weighted by atomic mass is 16.2. The van der Waals surface area contributed by atoms with Gasteiger partial charge in [-0.1, -0.05) is 44.4 Å². The van der Waals surface area contributed by atoms with Crippen LogP contribution in [0.2, 0.25) is 0 Å². The van der Waals surface area contributed by atoms with E-state index in [1.54, 1.807) is 0 Å². The second kappa shape index (κ2) is 7.37. The fraction of sp³-hybridized carbons (Fsp3) is 0.600. The van der Waals surface area contributed by atoms with E-state index in [1.165, 1.54) is 19.3 Å². The Bertz CT molecular complexity index is 620. The quantitative estimate of drug-likeness (QED) is 0.916. The monoisotopic (exact) mass is 328 g/mol. The summed E-state index contributed by atoms with van der Waals surface area (Å²) in [6.07, 6.45) is 7.11. The molecule has 1 heterocycles. The molecular formula is C20H28N2O2. The van der Waals surface area contributed by atoms with Crippen LogP contribution in [-0.4, -0.2) is 29.3 Å². The van der Waals surface area contributed by atoms with E-state index in [0.29, 0.717) is 19.0 Å². The maximum Gasteiger partial charge on any atom is 0.229 e. The van der Waals surface area contributed by atoms with Crippen molar-refractivity contribution in [3.63, 3.8) is 0 Å². The molecular weight excluding hydrogens is 300 g/mol. The first-order valence-corrected chi connectivity index (χ1v) is 9.29. The van der Waals surface area contributed by atoms with Gasteiger partial charge >= 0.3 is 0 Å². The number of likely N-dealkylation sites (tertiary alicyclic amines) is 1. The van der Waals surface area contributed by atoms with E-state index in [2.05, 4.69) is 18.3 Å². The van der Waals surface area contributed by atoms with Crippen LogP contribution >= 0.6 is 0 Å². The Morgan fingerprint density at radius 1 is 1.25 bits per heavy atom. The summed E-state index contributed by atoms with van der Waals surface area (Å²) in [5.74, 6) is -0.0723. The Labute approximate surface area is 144 Å². The van der Waals surface area contributed by atoms with Crippen molar-refractivity contribution in [3.05, 3.63) is 29.3 Å². The molecule has 0 aromatic heterocycles. The summed E-state index contributed by atoms with van der Waals surface area (Å²) in [5, 5.41) is 3.10. The zero-order valence-corrected chi connectivity index (χ0v) is 14.8. The third-order valence-electron chi connectivity index (χ3n) is 5.53. The van der Waals surface area contributed by atoms with Crippen LogP contribution < -0.4 is 5.32 Å². The standard InChI is InChI=1S/C20H28N2O2/c1-3-15-9-7-8-14(2)19(15)21-20(24)16-12-18(23)22(13-16)17-10-5-4-6-11-17/h7-9,16-17H,3-6,10-13H2,1-2H3,(H,21,24). The number of para-hydroxylation sites is 1. The van der Waals surface area contributed by atoms with Crippen molar-refractivity contribution in [1.82, 2.24) is 4.90 Å². The number of hydrogen-bond acceptors (Lipinski definition) is 2. The molecule has 24 heavy (non-hydrogen) atoms. The zero-order valence-electron chi connectivity index (χ0n) is 14.8. The van der Waals surface area contributed by atoms with Crippen LogP contribution in [0.25, 0.3) is 0 Å². The van der Waals surface area contributed by atoms with Crippen LogP contribution in [0.1, 0.15) is 56.6 Å². The molecule has 1 unspecified atom stereocenters. The fourth-order valence-electron chi connectivity index (χ4n) is 4.08. The highest BCUT2D eigenvalue weighted by molar-refractivity contribution is 5.98. The predicted octanol–water partition coefficient (Wildman–Crippen LogP) is 3.68. The molecule has 0 bridgehead atoms. The first-order valence-electron chi connectivity index (χ1n) is 9.29. The summed E-state index contributed by atoms with van der Waals surface area (Å²) < 4.78 is 0. The molecule has 3 rings (SSSR count). The molecule has 4 nitrogen and oxygen atoms in total. The lowest BCUT2D eigenvalue weighted by Gasteiger charge is -2.31. The smallest absolute Gasteiger partial charge is 0.229 e. The van der Waals surface area contributed by atoms with Gasteiger partial charge < -0.3 is 10.2 Å². The number of nitrogens with zero attached hydrogens (tertiary/aromatic N) is 1. The van der Waals surface area contributed by atoms with E-state index in [9.17, 15) is 9.59 Å². The largest absolute Gasteiger partial charge is 0.339 e. The van der Waals surface area contributed by atoms with E-state index in [4.69, 9.17) is 0 Å². The molecule has 1 aromatic carbocycles. The van der Waals surface area contributed by atoms with Gasteiger partial charge in [-0.3, -0.25) is 9.59 Å². The van der Waals surface area contributed by atoms with Gasteiger partial charge in [0.25, 0.3) is 0 Å². The van der Waals surface area contributed by atoms with Crippen molar-refractivity contribution in [2.24, 2.45) is 5.92 Å². The predicted molar refractivity (Wildman–Crippen MR) is 95.9 cm³/mol. The molecule has 2 aliphatic rings. The van der Waals surface area contributed by atoms with Crippen molar-refractivity contribution in [1.29, 1.82) is 0 Å². The number of hydrogen-bond donors (Lipinski definition) is 1. The van der Waals surface area contributed by atoms with Crippen LogP contribution in [0.5, 0.6) is 0 Å². The highest BCUT2D eigenvalue weighted by Crippen LogP contribution is 2.30. The average molecular weight is 328 g/mol. The van der Waals surface area contributed by atoms with Gasteiger partial charge in [0, 0.05) is 24.7 Å².